The van der Waals surface area contributed by atoms with Crippen molar-refractivity contribution in [2.75, 3.05) is 13.1 Å². The molecule has 0 amide bonds. The van der Waals surface area contributed by atoms with Gasteiger partial charge in [-0.3, -0.25) is 5.73 Å². The number of piperidine rings is 1. The molecule has 0 bridgehead atoms. The molecule has 0 radical (unpaired) electrons. The third-order valence-electron chi connectivity index (χ3n) is 4.77. The highest BCUT2D eigenvalue weighted by molar-refractivity contribution is 6.30. The number of nitrogens with two attached hydrogens (primary N) is 1. The van der Waals surface area contributed by atoms with E-state index < -0.39 is 5.79 Å². The predicted molar refractivity (Wildman–Crippen MR) is 104 cm³/mol. The van der Waals surface area contributed by atoms with Crippen molar-refractivity contribution in [2.45, 2.75) is 24.7 Å². The van der Waals surface area contributed by atoms with Crippen LogP contribution in [0.25, 0.3) is 5.57 Å². The number of aliphatic imine (C=N–C) groups is 1. The molecule has 136 valence electrons. The summed E-state index contributed by atoms with van der Waals surface area (Å²) >= 11 is 6.15. The molecule has 4 rings (SSSR count). The molecule has 7 heteroatoms. The van der Waals surface area contributed by atoms with Crippen LogP contribution in [0.3, 0.4) is 0 Å². The summed E-state index contributed by atoms with van der Waals surface area (Å²) in [6, 6.07) is 9.73. The molecule has 26 heavy (non-hydrogen) atoms. The molecule has 2 aromatic rings. The second-order valence-electron chi connectivity index (χ2n) is 6.63. The molecule has 3 heterocycles. The van der Waals surface area contributed by atoms with Crippen molar-refractivity contribution in [1.82, 2.24) is 16.0 Å². The number of benzene rings is 1. The predicted octanol–water partition coefficient (Wildman–Crippen LogP) is 2.39. The van der Waals surface area contributed by atoms with E-state index in [1.807, 2.05) is 30.3 Å². The largest absolute Gasteiger partial charge is 0.472 e. The van der Waals surface area contributed by atoms with Crippen LogP contribution < -0.4 is 21.7 Å². The van der Waals surface area contributed by atoms with Gasteiger partial charge in [0.05, 0.1) is 12.5 Å². The number of rotatable bonds is 4. The van der Waals surface area contributed by atoms with E-state index in [9.17, 15) is 0 Å². The van der Waals surface area contributed by atoms with Gasteiger partial charge in [0, 0.05) is 34.0 Å². The highest BCUT2D eigenvalue weighted by atomic mass is 35.5. The average Bonchev–Trinajstić information content (AvgIpc) is 3.17. The number of allylic oxidation sites excluding steroid dienone is 1. The molecule has 1 atom stereocenters. The highest BCUT2D eigenvalue weighted by Crippen LogP contribution is 2.28. The highest BCUT2D eigenvalue weighted by Gasteiger charge is 2.32. The molecule has 1 fully saturated rings. The van der Waals surface area contributed by atoms with Crippen LogP contribution in [0.1, 0.15) is 24.0 Å². The molecule has 0 aliphatic carbocycles. The summed E-state index contributed by atoms with van der Waals surface area (Å²) in [7, 11) is 0. The van der Waals surface area contributed by atoms with Gasteiger partial charge in [-0.2, -0.15) is 0 Å². The van der Waals surface area contributed by atoms with Crippen LogP contribution in [0, 0.1) is 0 Å². The van der Waals surface area contributed by atoms with Gasteiger partial charge in [-0.15, -0.1) is 0 Å². The Morgan fingerprint density at radius 2 is 2.12 bits per heavy atom. The summed E-state index contributed by atoms with van der Waals surface area (Å²) in [5.74, 6) is -0.219. The van der Waals surface area contributed by atoms with Gasteiger partial charge in [-0.1, -0.05) is 23.7 Å². The molecule has 1 unspecified atom stereocenters. The standard InChI is InChI=1S/C19H22ClN5O/c20-15-3-1-2-14(10-15)19(21)23-11-17(13-6-9-26-12-13)18(25-19)24-16-4-7-22-8-5-16/h1-3,6,9-12,16,22,24-25H,4-5,7-8,21H2. The molecule has 1 aromatic carbocycles. The Bertz CT molecular complexity index is 826. The third-order valence-corrected chi connectivity index (χ3v) is 5.00. The van der Waals surface area contributed by atoms with E-state index in [1.54, 1.807) is 18.7 Å². The van der Waals surface area contributed by atoms with E-state index in [1.165, 1.54) is 0 Å². The van der Waals surface area contributed by atoms with Crippen molar-refractivity contribution >= 4 is 23.4 Å². The lowest BCUT2D eigenvalue weighted by Gasteiger charge is -2.36. The van der Waals surface area contributed by atoms with Crippen LogP contribution in [0.4, 0.5) is 0 Å². The third kappa shape index (κ3) is 3.49. The van der Waals surface area contributed by atoms with Gasteiger partial charge in [-0.25, -0.2) is 4.99 Å². The zero-order chi connectivity index (χ0) is 18.0. The SMILES string of the molecule is NC1(c2cccc(Cl)c2)N=CC(c2ccoc2)=C(NC2CCNCC2)N1. The summed E-state index contributed by atoms with van der Waals surface area (Å²) in [4.78, 5) is 4.58. The van der Waals surface area contributed by atoms with E-state index in [0.29, 0.717) is 11.1 Å². The van der Waals surface area contributed by atoms with E-state index in [0.717, 1.165) is 48.5 Å². The van der Waals surface area contributed by atoms with Gasteiger partial charge in [0.2, 0.25) is 5.79 Å². The summed E-state index contributed by atoms with van der Waals surface area (Å²) < 4.78 is 5.25. The molecule has 5 N–H and O–H groups in total. The first-order chi connectivity index (χ1) is 12.6. The van der Waals surface area contributed by atoms with E-state index in [4.69, 9.17) is 21.8 Å². The quantitative estimate of drug-likeness (QED) is 0.663. The van der Waals surface area contributed by atoms with E-state index in [2.05, 4.69) is 20.9 Å². The van der Waals surface area contributed by atoms with Crippen LogP contribution in [0.2, 0.25) is 5.02 Å². The molecule has 0 spiro atoms. The molecular weight excluding hydrogens is 350 g/mol. The molecule has 1 saturated heterocycles. The van der Waals surface area contributed by atoms with Crippen molar-refractivity contribution < 1.29 is 4.42 Å². The van der Waals surface area contributed by atoms with Crippen LogP contribution in [-0.4, -0.2) is 25.3 Å². The van der Waals surface area contributed by atoms with Crippen molar-refractivity contribution in [3.8, 4) is 0 Å². The van der Waals surface area contributed by atoms with Gasteiger partial charge in [0.15, 0.2) is 0 Å². The first-order valence-corrected chi connectivity index (χ1v) is 9.14. The van der Waals surface area contributed by atoms with Crippen molar-refractivity contribution in [2.24, 2.45) is 10.7 Å². The van der Waals surface area contributed by atoms with E-state index >= 15 is 0 Å². The van der Waals surface area contributed by atoms with Crippen molar-refractivity contribution in [3.63, 3.8) is 0 Å². The lowest BCUT2D eigenvalue weighted by molar-refractivity contribution is 0.350. The Balaban J connectivity index is 1.67. The number of halogens is 1. The zero-order valence-electron chi connectivity index (χ0n) is 14.3. The molecule has 6 nitrogen and oxygen atoms in total. The van der Waals surface area contributed by atoms with Crippen LogP contribution in [-0.2, 0) is 5.79 Å². The fourth-order valence-electron chi connectivity index (χ4n) is 3.31. The molecule has 0 saturated carbocycles. The second kappa shape index (κ2) is 7.15. The van der Waals surface area contributed by atoms with Gasteiger partial charge in [0.25, 0.3) is 0 Å². The van der Waals surface area contributed by atoms with Gasteiger partial charge in [0.1, 0.15) is 5.82 Å². The Labute approximate surface area is 157 Å². The van der Waals surface area contributed by atoms with Crippen molar-refractivity contribution in [1.29, 1.82) is 0 Å². The summed E-state index contributed by atoms with van der Waals surface area (Å²) in [6.45, 7) is 2.00. The minimum Gasteiger partial charge on any atom is -0.472 e. The maximum absolute atomic E-state index is 6.58. The Kier molecular flexibility index (Phi) is 4.72. The number of nitrogens with zero attached hydrogens (tertiary/aromatic N) is 1. The maximum atomic E-state index is 6.58. The average molecular weight is 372 g/mol. The van der Waals surface area contributed by atoms with Crippen LogP contribution >= 0.6 is 11.6 Å². The number of hydrogen-bond donors (Lipinski definition) is 4. The summed E-state index contributed by atoms with van der Waals surface area (Å²) in [6.07, 6.45) is 7.26. The minimum absolute atomic E-state index is 0.371. The smallest absolute Gasteiger partial charge is 0.210 e. The lowest BCUT2D eigenvalue weighted by atomic mass is 10.0. The first kappa shape index (κ1) is 17.1. The monoisotopic (exact) mass is 371 g/mol. The maximum Gasteiger partial charge on any atom is 0.210 e. The first-order valence-electron chi connectivity index (χ1n) is 8.76. The van der Waals surface area contributed by atoms with E-state index in [-0.39, 0.29) is 0 Å². The zero-order valence-corrected chi connectivity index (χ0v) is 15.1. The lowest BCUT2D eigenvalue weighted by Crippen LogP contribution is -2.54. The fraction of sp³-hybridized carbons (Fsp3) is 0.316. The Morgan fingerprint density at radius 1 is 1.27 bits per heavy atom. The topological polar surface area (TPSA) is 87.6 Å². The number of hydrogen-bond acceptors (Lipinski definition) is 6. The Hall–Kier alpha value is -2.28. The van der Waals surface area contributed by atoms with Gasteiger partial charge < -0.3 is 20.4 Å². The number of nitrogens with one attached hydrogen (secondary N) is 3. The molecule has 2 aliphatic rings. The normalized spacial score (nSPS) is 23.8. The second-order valence-corrected chi connectivity index (χ2v) is 7.07. The summed E-state index contributed by atoms with van der Waals surface area (Å²) in [5, 5.41) is 11.0. The molecule has 2 aliphatic heterocycles. The van der Waals surface area contributed by atoms with Gasteiger partial charge in [-0.05, 0) is 44.1 Å². The van der Waals surface area contributed by atoms with Crippen LogP contribution in [0.15, 0.2) is 58.1 Å². The Morgan fingerprint density at radius 3 is 2.85 bits per heavy atom. The minimum atomic E-state index is -1.08. The van der Waals surface area contributed by atoms with Gasteiger partial charge >= 0.3 is 0 Å². The molecule has 1 aromatic heterocycles. The fourth-order valence-corrected chi connectivity index (χ4v) is 3.50. The molecular formula is C19H22ClN5O. The van der Waals surface area contributed by atoms with Crippen LogP contribution in [0.5, 0.6) is 0 Å². The number of furan rings is 1. The summed E-state index contributed by atoms with van der Waals surface area (Å²) in [5.41, 5.74) is 9.27. The van der Waals surface area contributed by atoms with Crippen molar-refractivity contribution in [3.05, 3.63) is 64.8 Å².